The third-order valence-electron chi connectivity index (χ3n) is 5.44. The molecule has 2 unspecified atom stereocenters. The van der Waals surface area contributed by atoms with Crippen LogP contribution < -0.4 is 5.32 Å². The summed E-state index contributed by atoms with van der Waals surface area (Å²) in [5.41, 5.74) is 1.46. The zero-order valence-corrected chi connectivity index (χ0v) is 14.8. The number of carbonyl (C=O) groups is 2. The number of nitrogens with one attached hydrogen (secondary N) is 1. The Kier molecular flexibility index (Phi) is 4.26. The van der Waals surface area contributed by atoms with Crippen LogP contribution >= 0.6 is 11.8 Å². The molecule has 128 valence electrons. The number of fused-ring (bicyclic) bond motifs is 1. The van der Waals surface area contributed by atoms with Gasteiger partial charge in [0, 0.05) is 29.1 Å². The van der Waals surface area contributed by atoms with Crippen molar-refractivity contribution in [3.05, 3.63) is 23.8 Å². The molecule has 1 N–H and O–H groups in total. The summed E-state index contributed by atoms with van der Waals surface area (Å²) in [6.07, 6.45) is 4.58. The number of likely N-dealkylation sites (N-methyl/N-ethyl adjacent to an activating group) is 1. The molecule has 0 radical (unpaired) electrons. The quantitative estimate of drug-likeness (QED) is 0.894. The molecule has 5 nitrogen and oxygen atoms in total. The van der Waals surface area contributed by atoms with E-state index in [4.69, 9.17) is 0 Å². The van der Waals surface area contributed by atoms with Gasteiger partial charge in [0.25, 0.3) is 5.91 Å². The first-order valence-corrected chi connectivity index (χ1v) is 9.70. The number of hydrogen-bond donors (Lipinski definition) is 1. The first-order valence-electron chi connectivity index (χ1n) is 8.71. The maximum Gasteiger partial charge on any atom is 0.254 e. The molecular weight excluding hydrogens is 322 g/mol. The van der Waals surface area contributed by atoms with E-state index in [1.807, 2.05) is 18.2 Å². The predicted octanol–water partition coefficient (Wildman–Crippen LogP) is 2.43. The maximum absolute atomic E-state index is 13.1. The Morgan fingerprint density at radius 3 is 2.79 bits per heavy atom. The number of carbonyl (C=O) groups excluding carboxylic acids is 2. The van der Waals surface area contributed by atoms with E-state index in [0.29, 0.717) is 23.4 Å². The Balaban J connectivity index is 1.56. The van der Waals surface area contributed by atoms with E-state index < -0.39 is 0 Å². The van der Waals surface area contributed by atoms with E-state index in [9.17, 15) is 9.59 Å². The van der Waals surface area contributed by atoms with Gasteiger partial charge in [0.1, 0.15) is 0 Å². The number of anilines is 1. The number of benzene rings is 1. The molecule has 2 atom stereocenters. The van der Waals surface area contributed by atoms with Crippen LogP contribution in [-0.4, -0.2) is 59.6 Å². The van der Waals surface area contributed by atoms with Crippen molar-refractivity contribution < 1.29 is 9.59 Å². The van der Waals surface area contributed by atoms with E-state index in [1.54, 1.807) is 0 Å². The lowest BCUT2D eigenvalue weighted by molar-refractivity contribution is -0.113. The van der Waals surface area contributed by atoms with E-state index >= 15 is 0 Å². The Labute approximate surface area is 146 Å². The van der Waals surface area contributed by atoms with Gasteiger partial charge in [-0.25, -0.2) is 0 Å². The highest BCUT2D eigenvalue weighted by atomic mass is 32.2. The van der Waals surface area contributed by atoms with Gasteiger partial charge in [-0.1, -0.05) is 0 Å². The second-order valence-electron chi connectivity index (χ2n) is 6.95. The van der Waals surface area contributed by atoms with Gasteiger partial charge in [-0.3, -0.25) is 9.59 Å². The van der Waals surface area contributed by atoms with E-state index in [0.717, 1.165) is 36.5 Å². The normalized spacial score (nSPS) is 27.2. The van der Waals surface area contributed by atoms with Crippen molar-refractivity contribution in [3.63, 3.8) is 0 Å². The summed E-state index contributed by atoms with van der Waals surface area (Å²) in [5.74, 6) is 0.553. The number of likely N-dealkylation sites (tertiary alicyclic amines) is 2. The van der Waals surface area contributed by atoms with Crippen molar-refractivity contribution >= 4 is 29.3 Å². The largest absolute Gasteiger partial charge is 0.334 e. The molecule has 1 aromatic rings. The molecule has 2 fully saturated rings. The Morgan fingerprint density at radius 1 is 1.21 bits per heavy atom. The molecule has 3 heterocycles. The number of thioether (sulfide) groups is 1. The van der Waals surface area contributed by atoms with Gasteiger partial charge in [0.15, 0.2) is 0 Å². The fourth-order valence-electron chi connectivity index (χ4n) is 4.25. The second kappa shape index (κ2) is 6.41. The highest BCUT2D eigenvalue weighted by Gasteiger charge is 2.38. The van der Waals surface area contributed by atoms with Gasteiger partial charge >= 0.3 is 0 Å². The monoisotopic (exact) mass is 345 g/mol. The van der Waals surface area contributed by atoms with Crippen LogP contribution in [-0.2, 0) is 4.79 Å². The van der Waals surface area contributed by atoms with Gasteiger partial charge < -0.3 is 15.1 Å². The smallest absolute Gasteiger partial charge is 0.254 e. The standard InChI is InChI=1S/C18H23N3O2S/c1-20-8-2-4-14(20)15-5-3-9-21(15)18(23)12-6-7-16-13(10-12)19-17(22)11-24-16/h6-7,10,14-15H,2-5,8-9,11H2,1H3,(H,19,22). The highest BCUT2D eigenvalue weighted by Crippen LogP contribution is 2.34. The molecule has 4 rings (SSSR count). The van der Waals surface area contributed by atoms with Gasteiger partial charge in [-0.05, 0) is 57.5 Å². The minimum atomic E-state index is 0.00345. The Bertz CT molecular complexity index is 678. The molecule has 2 saturated heterocycles. The molecule has 0 bridgehead atoms. The van der Waals surface area contributed by atoms with Crippen LogP contribution in [0.15, 0.2) is 23.1 Å². The summed E-state index contributed by atoms with van der Waals surface area (Å²) in [6.45, 7) is 1.97. The molecule has 0 saturated carbocycles. The van der Waals surface area contributed by atoms with E-state index in [2.05, 4.69) is 22.2 Å². The summed E-state index contributed by atoms with van der Waals surface area (Å²) >= 11 is 1.53. The van der Waals surface area contributed by atoms with Gasteiger partial charge in [0.05, 0.1) is 11.4 Å². The molecule has 6 heteroatoms. The Hall–Kier alpha value is -1.53. The van der Waals surface area contributed by atoms with Crippen molar-refractivity contribution in [1.82, 2.24) is 9.80 Å². The molecule has 2 amide bonds. The van der Waals surface area contributed by atoms with Crippen LogP contribution in [0.2, 0.25) is 0 Å². The van der Waals surface area contributed by atoms with Gasteiger partial charge in [0.2, 0.25) is 5.91 Å². The predicted molar refractivity (Wildman–Crippen MR) is 95.5 cm³/mol. The van der Waals surface area contributed by atoms with E-state index in [-0.39, 0.29) is 11.8 Å². The van der Waals surface area contributed by atoms with Crippen LogP contribution in [0.4, 0.5) is 5.69 Å². The first-order chi connectivity index (χ1) is 11.6. The molecule has 3 aliphatic heterocycles. The van der Waals surface area contributed by atoms with Crippen LogP contribution in [0.3, 0.4) is 0 Å². The lowest BCUT2D eigenvalue weighted by Gasteiger charge is -2.33. The summed E-state index contributed by atoms with van der Waals surface area (Å²) in [4.78, 5) is 30.2. The minimum Gasteiger partial charge on any atom is -0.334 e. The average molecular weight is 345 g/mol. The fourth-order valence-corrected chi connectivity index (χ4v) is 5.04. The zero-order chi connectivity index (χ0) is 16.7. The zero-order valence-electron chi connectivity index (χ0n) is 14.0. The molecule has 0 spiro atoms. The third kappa shape index (κ3) is 2.82. The summed E-state index contributed by atoms with van der Waals surface area (Å²) in [7, 11) is 2.17. The molecule has 3 aliphatic rings. The maximum atomic E-state index is 13.1. The molecular formula is C18H23N3O2S. The van der Waals surface area contributed by atoms with Gasteiger partial charge in [-0.2, -0.15) is 0 Å². The SMILES string of the molecule is CN1CCCC1C1CCCN1C(=O)c1ccc2c(c1)NC(=O)CS2. The average Bonchev–Trinajstić information content (AvgIpc) is 3.21. The van der Waals surface area contributed by atoms with Crippen molar-refractivity contribution in [2.75, 3.05) is 31.2 Å². The fraction of sp³-hybridized carbons (Fsp3) is 0.556. The van der Waals surface area contributed by atoms with Crippen LogP contribution in [0.5, 0.6) is 0 Å². The van der Waals surface area contributed by atoms with Gasteiger partial charge in [-0.15, -0.1) is 11.8 Å². The van der Waals surface area contributed by atoms with Crippen molar-refractivity contribution in [1.29, 1.82) is 0 Å². The minimum absolute atomic E-state index is 0.00345. The van der Waals surface area contributed by atoms with Crippen LogP contribution in [0.1, 0.15) is 36.0 Å². The lowest BCUT2D eigenvalue weighted by Crippen LogP contribution is -2.47. The molecule has 0 aromatic heterocycles. The highest BCUT2D eigenvalue weighted by molar-refractivity contribution is 8.00. The van der Waals surface area contributed by atoms with Crippen LogP contribution in [0.25, 0.3) is 0 Å². The Morgan fingerprint density at radius 2 is 2.00 bits per heavy atom. The molecule has 24 heavy (non-hydrogen) atoms. The third-order valence-corrected chi connectivity index (χ3v) is 6.51. The van der Waals surface area contributed by atoms with Crippen LogP contribution in [0, 0.1) is 0 Å². The number of hydrogen-bond acceptors (Lipinski definition) is 4. The number of amides is 2. The summed E-state index contributed by atoms with van der Waals surface area (Å²) in [6, 6.07) is 6.52. The second-order valence-corrected chi connectivity index (χ2v) is 7.96. The van der Waals surface area contributed by atoms with Crippen molar-refractivity contribution in [2.45, 2.75) is 42.7 Å². The summed E-state index contributed by atoms with van der Waals surface area (Å²) in [5, 5.41) is 2.88. The van der Waals surface area contributed by atoms with Crippen molar-refractivity contribution in [3.8, 4) is 0 Å². The van der Waals surface area contributed by atoms with E-state index in [1.165, 1.54) is 24.6 Å². The lowest BCUT2D eigenvalue weighted by atomic mass is 10.0. The first kappa shape index (κ1) is 16.0. The number of rotatable bonds is 2. The summed E-state index contributed by atoms with van der Waals surface area (Å²) < 4.78 is 0. The van der Waals surface area contributed by atoms with Crippen molar-refractivity contribution in [2.24, 2.45) is 0 Å². The topological polar surface area (TPSA) is 52.6 Å². The molecule has 0 aliphatic carbocycles. The number of nitrogens with zero attached hydrogens (tertiary/aromatic N) is 2. The molecule has 1 aromatic carbocycles.